The Bertz CT molecular complexity index is 1300. The van der Waals surface area contributed by atoms with Gasteiger partial charge in [0.1, 0.15) is 17.1 Å². The van der Waals surface area contributed by atoms with Gasteiger partial charge in [-0.1, -0.05) is 11.6 Å². The van der Waals surface area contributed by atoms with Crippen molar-refractivity contribution in [3.8, 4) is 11.5 Å². The molecule has 0 fully saturated rings. The summed E-state index contributed by atoms with van der Waals surface area (Å²) in [7, 11) is 3.05. The lowest BCUT2D eigenvalue weighted by atomic mass is 10.0. The molecule has 0 aliphatic carbocycles. The fraction of sp³-hybridized carbons (Fsp3) is 0.120. The van der Waals surface area contributed by atoms with Gasteiger partial charge in [-0.3, -0.25) is 9.59 Å². The van der Waals surface area contributed by atoms with Gasteiger partial charge in [0.05, 0.1) is 14.2 Å². The van der Waals surface area contributed by atoms with Gasteiger partial charge in [-0.2, -0.15) is 0 Å². The van der Waals surface area contributed by atoms with E-state index in [2.05, 4.69) is 5.32 Å². The van der Waals surface area contributed by atoms with Crippen LogP contribution in [-0.2, 0) is 0 Å². The number of ether oxygens (including phenoxy) is 2. The molecule has 0 aliphatic rings. The first-order chi connectivity index (χ1) is 15.4. The third-order valence-corrected chi connectivity index (χ3v) is 5.37. The van der Waals surface area contributed by atoms with Crippen molar-refractivity contribution in [1.29, 1.82) is 0 Å². The van der Waals surface area contributed by atoms with E-state index in [9.17, 15) is 9.59 Å². The van der Waals surface area contributed by atoms with Crippen molar-refractivity contribution in [1.82, 2.24) is 0 Å². The molecule has 162 valence electrons. The number of benzene rings is 3. The average molecular weight is 450 g/mol. The zero-order chi connectivity index (χ0) is 22.8. The van der Waals surface area contributed by atoms with Gasteiger partial charge in [-0.05, 0) is 61.5 Å². The van der Waals surface area contributed by atoms with Crippen molar-refractivity contribution in [2.45, 2.75) is 6.92 Å². The zero-order valence-electron chi connectivity index (χ0n) is 17.7. The Hall–Kier alpha value is -3.77. The van der Waals surface area contributed by atoms with Crippen LogP contribution in [0, 0.1) is 6.92 Å². The van der Waals surface area contributed by atoms with E-state index < -0.39 is 0 Å². The summed E-state index contributed by atoms with van der Waals surface area (Å²) in [4.78, 5) is 25.7. The number of furan rings is 1. The molecule has 0 saturated carbocycles. The number of anilines is 1. The molecule has 3 aromatic carbocycles. The molecular formula is C25H20ClNO5. The van der Waals surface area contributed by atoms with Crippen molar-refractivity contribution in [2.24, 2.45) is 0 Å². The molecule has 0 atom stereocenters. The lowest BCUT2D eigenvalue weighted by Crippen LogP contribution is -2.12. The van der Waals surface area contributed by atoms with Crippen LogP contribution in [-0.4, -0.2) is 25.9 Å². The molecule has 4 aromatic rings. The van der Waals surface area contributed by atoms with E-state index in [1.807, 2.05) is 6.92 Å². The highest BCUT2D eigenvalue weighted by Gasteiger charge is 2.20. The van der Waals surface area contributed by atoms with Gasteiger partial charge < -0.3 is 19.2 Å². The van der Waals surface area contributed by atoms with E-state index in [0.717, 1.165) is 5.39 Å². The number of fused-ring (bicyclic) bond motifs is 1. The van der Waals surface area contributed by atoms with E-state index in [1.54, 1.807) is 60.7 Å². The molecule has 1 amide bonds. The highest BCUT2D eigenvalue weighted by Crippen LogP contribution is 2.30. The second-order valence-corrected chi connectivity index (χ2v) is 7.60. The number of carbonyl (C=O) groups is 2. The second-order valence-electron chi connectivity index (χ2n) is 7.16. The van der Waals surface area contributed by atoms with Crippen LogP contribution in [0.15, 0.2) is 65.1 Å². The van der Waals surface area contributed by atoms with Crippen LogP contribution in [0.5, 0.6) is 11.5 Å². The number of hydrogen-bond acceptors (Lipinski definition) is 5. The summed E-state index contributed by atoms with van der Waals surface area (Å²) < 4.78 is 16.3. The Morgan fingerprint density at radius 3 is 2.16 bits per heavy atom. The summed E-state index contributed by atoms with van der Waals surface area (Å²) in [5.74, 6) is 0.731. The molecule has 0 spiro atoms. The SMILES string of the molecule is COc1cc(OC)cc(C(=O)Nc2ccc3oc(C(=O)c4ccc(Cl)cc4)c(C)c3c2)c1. The summed E-state index contributed by atoms with van der Waals surface area (Å²) in [6, 6.07) is 16.8. The minimum atomic E-state index is -0.319. The molecule has 0 unspecified atom stereocenters. The zero-order valence-corrected chi connectivity index (χ0v) is 18.4. The Labute approximate surface area is 189 Å². The van der Waals surface area contributed by atoms with Crippen LogP contribution >= 0.6 is 11.6 Å². The third kappa shape index (κ3) is 4.18. The standard InChI is InChI=1S/C25H20ClNO5/c1-14-21-12-18(27-25(29)16-10-19(30-2)13-20(11-16)31-3)8-9-22(21)32-24(14)23(28)15-4-6-17(26)7-5-15/h4-13H,1-3H3,(H,27,29). The molecular weight excluding hydrogens is 430 g/mol. The first-order valence-electron chi connectivity index (χ1n) is 9.77. The predicted molar refractivity (Wildman–Crippen MR) is 123 cm³/mol. The monoisotopic (exact) mass is 449 g/mol. The Balaban J connectivity index is 1.63. The van der Waals surface area contributed by atoms with E-state index in [4.69, 9.17) is 25.5 Å². The number of ketones is 1. The van der Waals surface area contributed by atoms with Crippen molar-refractivity contribution in [3.05, 3.63) is 88.1 Å². The quantitative estimate of drug-likeness (QED) is 0.371. The third-order valence-electron chi connectivity index (χ3n) is 5.12. The summed E-state index contributed by atoms with van der Waals surface area (Å²) >= 11 is 5.91. The number of carbonyl (C=O) groups excluding carboxylic acids is 2. The van der Waals surface area contributed by atoms with Gasteiger partial charge in [0.2, 0.25) is 5.78 Å². The van der Waals surface area contributed by atoms with Crippen LogP contribution in [0.3, 0.4) is 0 Å². The minimum absolute atomic E-state index is 0.232. The molecule has 7 heteroatoms. The molecule has 32 heavy (non-hydrogen) atoms. The van der Waals surface area contributed by atoms with Crippen molar-refractivity contribution in [2.75, 3.05) is 19.5 Å². The number of aryl methyl sites for hydroxylation is 1. The number of hydrogen-bond donors (Lipinski definition) is 1. The molecule has 0 aliphatic heterocycles. The molecule has 0 radical (unpaired) electrons. The van der Waals surface area contributed by atoms with Crippen LogP contribution < -0.4 is 14.8 Å². The first kappa shape index (κ1) is 21.5. The molecule has 0 bridgehead atoms. The van der Waals surface area contributed by atoms with Crippen LogP contribution in [0.25, 0.3) is 11.0 Å². The van der Waals surface area contributed by atoms with E-state index in [0.29, 0.717) is 44.5 Å². The maximum Gasteiger partial charge on any atom is 0.255 e. The molecule has 1 aromatic heterocycles. The predicted octanol–water partition coefficient (Wildman–Crippen LogP) is 5.90. The molecule has 4 rings (SSSR count). The van der Waals surface area contributed by atoms with Gasteiger partial charge >= 0.3 is 0 Å². The maximum atomic E-state index is 12.9. The summed E-state index contributed by atoms with van der Waals surface area (Å²) in [5, 5.41) is 4.16. The van der Waals surface area contributed by atoms with Crippen LogP contribution in [0.2, 0.25) is 5.02 Å². The van der Waals surface area contributed by atoms with Gasteiger partial charge in [0.15, 0.2) is 5.76 Å². The van der Waals surface area contributed by atoms with Crippen molar-refractivity contribution in [3.63, 3.8) is 0 Å². The number of methoxy groups -OCH3 is 2. The van der Waals surface area contributed by atoms with Gasteiger partial charge in [0.25, 0.3) is 5.91 Å². The fourth-order valence-corrected chi connectivity index (χ4v) is 3.52. The Morgan fingerprint density at radius 2 is 1.53 bits per heavy atom. The van der Waals surface area contributed by atoms with E-state index in [-0.39, 0.29) is 17.5 Å². The Morgan fingerprint density at radius 1 is 0.875 bits per heavy atom. The maximum absolute atomic E-state index is 12.9. The normalized spacial score (nSPS) is 10.8. The fourth-order valence-electron chi connectivity index (χ4n) is 3.39. The topological polar surface area (TPSA) is 77.8 Å². The first-order valence-corrected chi connectivity index (χ1v) is 10.1. The number of nitrogens with one attached hydrogen (secondary N) is 1. The highest BCUT2D eigenvalue weighted by atomic mass is 35.5. The molecule has 6 nitrogen and oxygen atoms in total. The number of halogens is 1. The van der Waals surface area contributed by atoms with E-state index in [1.165, 1.54) is 14.2 Å². The van der Waals surface area contributed by atoms with Crippen LogP contribution in [0.4, 0.5) is 5.69 Å². The van der Waals surface area contributed by atoms with Gasteiger partial charge in [-0.25, -0.2) is 0 Å². The molecule has 0 saturated heterocycles. The molecule has 1 N–H and O–H groups in total. The lowest BCUT2D eigenvalue weighted by molar-refractivity contribution is 0.101. The summed E-state index contributed by atoms with van der Waals surface area (Å²) in [5.41, 5.74) is 2.69. The van der Waals surface area contributed by atoms with Crippen molar-refractivity contribution >= 4 is 39.9 Å². The smallest absolute Gasteiger partial charge is 0.255 e. The van der Waals surface area contributed by atoms with Gasteiger partial charge in [-0.15, -0.1) is 0 Å². The van der Waals surface area contributed by atoms with Crippen molar-refractivity contribution < 1.29 is 23.5 Å². The Kier molecular flexibility index (Phi) is 5.88. The largest absolute Gasteiger partial charge is 0.497 e. The molecule has 1 heterocycles. The van der Waals surface area contributed by atoms with E-state index >= 15 is 0 Å². The van der Waals surface area contributed by atoms with Gasteiger partial charge in [0, 0.05) is 38.9 Å². The lowest BCUT2D eigenvalue weighted by Gasteiger charge is -2.09. The number of rotatable bonds is 6. The minimum Gasteiger partial charge on any atom is -0.497 e. The summed E-state index contributed by atoms with van der Waals surface area (Å²) in [6.45, 7) is 1.81. The average Bonchev–Trinajstić information content (AvgIpc) is 3.14. The highest BCUT2D eigenvalue weighted by molar-refractivity contribution is 6.30. The summed E-state index contributed by atoms with van der Waals surface area (Å²) in [6.07, 6.45) is 0. The van der Waals surface area contributed by atoms with Crippen LogP contribution in [0.1, 0.15) is 32.0 Å². The second kappa shape index (κ2) is 8.77. The number of amides is 1.